The van der Waals surface area contributed by atoms with Crippen molar-refractivity contribution >= 4 is 11.6 Å². The van der Waals surface area contributed by atoms with Crippen molar-refractivity contribution in [2.24, 2.45) is 0 Å². The predicted molar refractivity (Wildman–Crippen MR) is 88.8 cm³/mol. The number of rotatable bonds is 7. The van der Waals surface area contributed by atoms with E-state index in [9.17, 15) is 4.39 Å². The Kier molecular flexibility index (Phi) is 6.22. The summed E-state index contributed by atoms with van der Waals surface area (Å²) < 4.78 is 18.9. The predicted octanol–water partition coefficient (Wildman–Crippen LogP) is 4.95. The first-order valence-electron chi connectivity index (χ1n) is 7.48. The van der Waals surface area contributed by atoms with Gasteiger partial charge < -0.3 is 10.1 Å². The van der Waals surface area contributed by atoms with E-state index in [1.165, 1.54) is 12.1 Å². The van der Waals surface area contributed by atoms with E-state index < -0.39 is 0 Å². The molecule has 0 aliphatic heterocycles. The zero-order valence-electron chi connectivity index (χ0n) is 12.9. The van der Waals surface area contributed by atoms with Gasteiger partial charge in [0.05, 0.1) is 5.02 Å². The van der Waals surface area contributed by atoms with E-state index in [2.05, 4.69) is 19.2 Å². The standard InChI is InChI=1S/C18H21ClFNO/c1-3-13(2)21-11-14-6-4-5-7-18(14)22-12-15-8-9-16(20)10-17(15)19/h4-10,13,21H,3,11-12H2,1-2H3. The summed E-state index contributed by atoms with van der Waals surface area (Å²) in [7, 11) is 0. The molecule has 0 aliphatic rings. The molecule has 0 bridgehead atoms. The van der Waals surface area contributed by atoms with Gasteiger partial charge in [0, 0.05) is 23.7 Å². The smallest absolute Gasteiger partial charge is 0.124 e. The topological polar surface area (TPSA) is 21.3 Å². The van der Waals surface area contributed by atoms with Gasteiger partial charge in [0.15, 0.2) is 0 Å². The van der Waals surface area contributed by atoms with Gasteiger partial charge in [-0.25, -0.2) is 4.39 Å². The maximum Gasteiger partial charge on any atom is 0.124 e. The second-order valence-corrected chi connectivity index (χ2v) is 5.73. The summed E-state index contributed by atoms with van der Waals surface area (Å²) in [5.74, 6) is 0.477. The van der Waals surface area contributed by atoms with Crippen LogP contribution in [0.3, 0.4) is 0 Å². The highest BCUT2D eigenvalue weighted by Gasteiger charge is 2.07. The normalized spacial score (nSPS) is 12.2. The molecule has 2 aromatic carbocycles. The third-order valence-corrected chi connectivity index (χ3v) is 3.98. The summed E-state index contributed by atoms with van der Waals surface area (Å²) in [6.45, 7) is 5.38. The number of para-hydroxylation sites is 1. The molecule has 0 aromatic heterocycles. The first-order valence-corrected chi connectivity index (χ1v) is 7.86. The largest absolute Gasteiger partial charge is 0.489 e. The molecule has 0 heterocycles. The maximum absolute atomic E-state index is 13.1. The molecule has 4 heteroatoms. The van der Waals surface area contributed by atoms with E-state index >= 15 is 0 Å². The minimum atomic E-state index is -0.341. The summed E-state index contributed by atoms with van der Waals surface area (Å²) in [5.41, 5.74) is 1.87. The quantitative estimate of drug-likeness (QED) is 0.779. The molecule has 1 unspecified atom stereocenters. The Bertz CT molecular complexity index is 618. The monoisotopic (exact) mass is 321 g/mol. The Morgan fingerprint density at radius 3 is 2.68 bits per heavy atom. The fourth-order valence-electron chi connectivity index (χ4n) is 2.01. The molecule has 118 valence electrons. The van der Waals surface area contributed by atoms with Crippen molar-refractivity contribution in [3.8, 4) is 5.75 Å². The zero-order chi connectivity index (χ0) is 15.9. The van der Waals surface area contributed by atoms with Crippen molar-refractivity contribution in [2.45, 2.75) is 39.5 Å². The van der Waals surface area contributed by atoms with Gasteiger partial charge in [-0.1, -0.05) is 42.8 Å². The van der Waals surface area contributed by atoms with Crippen LogP contribution >= 0.6 is 11.6 Å². The lowest BCUT2D eigenvalue weighted by Crippen LogP contribution is -2.24. The lowest BCUT2D eigenvalue weighted by Gasteiger charge is -2.15. The lowest BCUT2D eigenvalue weighted by molar-refractivity contribution is 0.301. The summed E-state index contributed by atoms with van der Waals surface area (Å²) in [4.78, 5) is 0. The number of nitrogens with one attached hydrogen (secondary N) is 1. The number of benzene rings is 2. The highest BCUT2D eigenvalue weighted by atomic mass is 35.5. The summed E-state index contributed by atoms with van der Waals surface area (Å²) in [6.07, 6.45) is 1.08. The van der Waals surface area contributed by atoms with E-state index in [1.807, 2.05) is 24.3 Å². The Morgan fingerprint density at radius 2 is 1.95 bits per heavy atom. The van der Waals surface area contributed by atoms with Gasteiger partial charge in [-0.3, -0.25) is 0 Å². The van der Waals surface area contributed by atoms with Crippen molar-refractivity contribution in [3.05, 3.63) is 64.4 Å². The molecular weight excluding hydrogens is 301 g/mol. The first-order chi connectivity index (χ1) is 10.6. The minimum absolute atomic E-state index is 0.319. The Morgan fingerprint density at radius 1 is 1.18 bits per heavy atom. The van der Waals surface area contributed by atoms with E-state index in [1.54, 1.807) is 6.07 Å². The zero-order valence-corrected chi connectivity index (χ0v) is 13.7. The molecule has 0 fully saturated rings. The van der Waals surface area contributed by atoms with Gasteiger partial charge in [-0.15, -0.1) is 0 Å². The molecule has 0 amide bonds. The van der Waals surface area contributed by atoms with Gasteiger partial charge in [-0.05, 0) is 31.5 Å². The van der Waals surface area contributed by atoms with Crippen molar-refractivity contribution < 1.29 is 9.13 Å². The summed E-state index contributed by atoms with van der Waals surface area (Å²) in [5, 5.41) is 3.83. The minimum Gasteiger partial charge on any atom is -0.489 e. The number of halogens is 2. The van der Waals surface area contributed by atoms with Crippen LogP contribution < -0.4 is 10.1 Å². The summed E-state index contributed by atoms with van der Waals surface area (Å²) in [6, 6.07) is 12.7. The molecule has 2 rings (SSSR count). The van der Waals surface area contributed by atoms with Gasteiger partial charge in [-0.2, -0.15) is 0 Å². The van der Waals surface area contributed by atoms with Gasteiger partial charge in [0.2, 0.25) is 0 Å². The van der Waals surface area contributed by atoms with Crippen molar-refractivity contribution in [1.82, 2.24) is 5.32 Å². The molecule has 22 heavy (non-hydrogen) atoms. The van der Waals surface area contributed by atoms with Crippen LogP contribution in [-0.2, 0) is 13.2 Å². The number of ether oxygens (including phenoxy) is 1. The van der Waals surface area contributed by atoms with Crippen LogP contribution in [0.2, 0.25) is 5.02 Å². The van der Waals surface area contributed by atoms with Gasteiger partial charge in [0.1, 0.15) is 18.2 Å². The van der Waals surface area contributed by atoms with Gasteiger partial charge in [0.25, 0.3) is 0 Å². The number of hydrogen-bond donors (Lipinski definition) is 1. The fraction of sp³-hybridized carbons (Fsp3) is 0.333. The third kappa shape index (κ3) is 4.72. The number of hydrogen-bond acceptors (Lipinski definition) is 2. The summed E-state index contributed by atoms with van der Waals surface area (Å²) >= 11 is 6.02. The SMILES string of the molecule is CCC(C)NCc1ccccc1OCc1ccc(F)cc1Cl. The lowest BCUT2D eigenvalue weighted by atomic mass is 10.1. The Labute approximate surface area is 136 Å². The Hall–Kier alpha value is -1.58. The Balaban J connectivity index is 2.03. The fourth-order valence-corrected chi connectivity index (χ4v) is 2.24. The van der Waals surface area contributed by atoms with Crippen LogP contribution in [-0.4, -0.2) is 6.04 Å². The molecular formula is C18H21ClFNO. The molecule has 2 aromatic rings. The van der Waals surface area contributed by atoms with Gasteiger partial charge >= 0.3 is 0 Å². The van der Waals surface area contributed by atoms with Crippen LogP contribution in [0.1, 0.15) is 31.4 Å². The molecule has 2 nitrogen and oxygen atoms in total. The van der Waals surface area contributed by atoms with Crippen LogP contribution in [0.4, 0.5) is 4.39 Å². The second kappa shape index (κ2) is 8.16. The van der Waals surface area contributed by atoms with E-state index in [4.69, 9.17) is 16.3 Å². The molecule has 1 N–H and O–H groups in total. The molecule has 0 aliphatic carbocycles. The van der Waals surface area contributed by atoms with Crippen molar-refractivity contribution in [3.63, 3.8) is 0 Å². The van der Waals surface area contributed by atoms with Crippen LogP contribution in [0, 0.1) is 5.82 Å². The van der Waals surface area contributed by atoms with E-state index in [0.717, 1.165) is 29.8 Å². The third-order valence-electron chi connectivity index (χ3n) is 3.62. The molecule has 0 radical (unpaired) electrons. The molecule has 0 saturated carbocycles. The highest BCUT2D eigenvalue weighted by Crippen LogP contribution is 2.22. The average Bonchev–Trinajstić information content (AvgIpc) is 2.52. The van der Waals surface area contributed by atoms with Crippen LogP contribution in [0.15, 0.2) is 42.5 Å². The molecule has 1 atom stereocenters. The average molecular weight is 322 g/mol. The molecule has 0 saturated heterocycles. The molecule has 0 spiro atoms. The van der Waals surface area contributed by atoms with Crippen molar-refractivity contribution in [1.29, 1.82) is 0 Å². The first kappa shape index (κ1) is 16.8. The van der Waals surface area contributed by atoms with Crippen molar-refractivity contribution in [2.75, 3.05) is 0 Å². The maximum atomic E-state index is 13.1. The van der Waals surface area contributed by atoms with E-state index in [-0.39, 0.29) is 5.82 Å². The van der Waals surface area contributed by atoms with Crippen LogP contribution in [0.25, 0.3) is 0 Å². The highest BCUT2D eigenvalue weighted by molar-refractivity contribution is 6.31. The second-order valence-electron chi connectivity index (χ2n) is 5.32. The van der Waals surface area contributed by atoms with E-state index in [0.29, 0.717) is 17.7 Å². The van der Waals surface area contributed by atoms with Crippen LogP contribution in [0.5, 0.6) is 5.75 Å².